The van der Waals surface area contributed by atoms with Crippen molar-refractivity contribution in [1.29, 1.82) is 0 Å². The van der Waals surface area contributed by atoms with E-state index in [1.54, 1.807) is 24.3 Å². The average molecular weight is 574 g/mol. The molecule has 0 heterocycles. The van der Waals surface area contributed by atoms with Crippen molar-refractivity contribution in [1.82, 2.24) is 16.0 Å². The van der Waals surface area contributed by atoms with E-state index in [-0.39, 0.29) is 30.8 Å². The second-order valence-corrected chi connectivity index (χ2v) is 9.82. The van der Waals surface area contributed by atoms with Crippen LogP contribution in [0.15, 0.2) is 48.5 Å². The molecule has 0 fully saturated rings. The Labute approximate surface area is 237 Å². The number of carbonyl (C=O) groups excluding carboxylic acids is 3. The number of aliphatic carboxylic acids is 1. The molecule has 2 rings (SSSR count). The molecule has 5 atom stereocenters. The summed E-state index contributed by atoms with van der Waals surface area (Å²) in [7, 11) is 0. The minimum absolute atomic E-state index is 0.00759. The molecule has 2 aromatic rings. The second-order valence-electron chi connectivity index (χ2n) is 9.82. The van der Waals surface area contributed by atoms with Crippen LogP contribution in [0.25, 0.3) is 0 Å². The van der Waals surface area contributed by atoms with Gasteiger partial charge in [-0.2, -0.15) is 0 Å². The first-order valence-corrected chi connectivity index (χ1v) is 13.2. The standard InChI is InChI=1S/C28H39N5O8/c1-16(34)24(28(40)41)33-26(38)22(4-2-3-13-29)31-27(39)23(15-18-7-11-20(36)12-8-18)32-25(37)21(30)14-17-5-9-19(35)10-6-17/h5-12,16,21-24,34-36H,2-4,13-15,29-30H2,1H3,(H,31,39)(H,32,37)(H,33,38)(H,40,41). The highest BCUT2D eigenvalue weighted by Crippen LogP contribution is 2.14. The lowest BCUT2D eigenvalue weighted by Crippen LogP contribution is -2.58. The van der Waals surface area contributed by atoms with Gasteiger partial charge >= 0.3 is 5.97 Å². The normalized spacial score (nSPS) is 14.6. The number of phenols is 2. The van der Waals surface area contributed by atoms with E-state index in [0.717, 1.165) is 0 Å². The Kier molecular flexibility index (Phi) is 13.0. The minimum atomic E-state index is -1.60. The van der Waals surface area contributed by atoms with Crippen molar-refractivity contribution in [3.63, 3.8) is 0 Å². The third-order valence-electron chi connectivity index (χ3n) is 6.36. The Morgan fingerprint density at radius 3 is 1.73 bits per heavy atom. The van der Waals surface area contributed by atoms with E-state index in [2.05, 4.69) is 16.0 Å². The maximum atomic E-state index is 13.5. The number of aliphatic hydroxyl groups is 1. The summed E-state index contributed by atoms with van der Waals surface area (Å²) < 4.78 is 0. The number of nitrogens with one attached hydrogen (secondary N) is 3. The molecule has 0 aliphatic heterocycles. The summed E-state index contributed by atoms with van der Waals surface area (Å²) in [5.41, 5.74) is 12.9. The Bertz CT molecular complexity index is 1160. The number of amides is 3. The molecule has 2 aromatic carbocycles. The van der Waals surface area contributed by atoms with Gasteiger partial charge in [0, 0.05) is 6.42 Å². The molecular formula is C28H39N5O8. The highest BCUT2D eigenvalue weighted by atomic mass is 16.4. The zero-order valence-electron chi connectivity index (χ0n) is 22.8. The highest BCUT2D eigenvalue weighted by Gasteiger charge is 2.32. The van der Waals surface area contributed by atoms with Crippen LogP contribution in [0.2, 0.25) is 0 Å². The Morgan fingerprint density at radius 2 is 1.24 bits per heavy atom. The number of hydrogen-bond acceptors (Lipinski definition) is 9. The summed E-state index contributed by atoms with van der Waals surface area (Å²) in [5.74, 6) is -3.55. The molecule has 0 aromatic heterocycles. The number of benzene rings is 2. The fourth-order valence-corrected chi connectivity index (χ4v) is 4.01. The summed E-state index contributed by atoms with van der Waals surface area (Å²) in [6, 6.07) is 7.15. The van der Waals surface area contributed by atoms with Crippen LogP contribution in [0.3, 0.4) is 0 Å². The maximum Gasteiger partial charge on any atom is 0.328 e. The maximum absolute atomic E-state index is 13.5. The van der Waals surface area contributed by atoms with Gasteiger partial charge in [-0.3, -0.25) is 14.4 Å². The van der Waals surface area contributed by atoms with E-state index >= 15 is 0 Å². The quantitative estimate of drug-likeness (QED) is 0.114. The lowest BCUT2D eigenvalue weighted by molar-refractivity contribution is -0.145. The molecule has 13 nitrogen and oxygen atoms in total. The van der Waals surface area contributed by atoms with Crippen molar-refractivity contribution in [2.24, 2.45) is 11.5 Å². The molecule has 0 saturated heterocycles. The molecule has 5 unspecified atom stereocenters. The molecule has 11 N–H and O–H groups in total. The van der Waals surface area contributed by atoms with Crippen LogP contribution < -0.4 is 27.4 Å². The molecule has 3 amide bonds. The fourth-order valence-electron chi connectivity index (χ4n) is 4.01. The van der Waals surface area contributed by atoms with Gasteiger partial charge in [-0.15, -0.1) is 0 Å². The van der Waals surface area contributed by atoms with E-state index < -0.39 is 54.0 Å². The molecule has 0 aliphatic carbocycles. The number of unbranched alkanes of at least 4 members (excludes halogenated alkanes) is 1. The summed E-state index contributed by atoms with van der Waals surface area (Å²) in [6.45, 7) is 1.55. The van der Waals surface area contributed by atoms with E-state index in [9.17, 15) is 39.6 Å². The number of carboxylic acids is 1. The second kappa shape index (κ2) is 16.2. The van der Waals surface area contributed by atoms with Gasteiger partial charge in [0.1, 0.15) is 23.6 Å². The molecule has 0 saturated carbocycles. The first-order chi connectivity index (χ1) is 19.4. The molecule has 0 aliphatic rings. The van der Waals surface area contributed by atoms with Crippen molar-refractivity contribution in [2.45, 2.75) is 69.3 Å². The van der Waals surface area contributed by atoms with Crippen LogP contribution in [0.5, 0.6) is 11.5 Å². The number of carboxylic acid groups (broad SMARTS) is 1. The van der Waals surface area contributed by atoms with Gasteiger partial charge in [-0.25, -0.2) is 4.79 Å². The van der Waals surface area contributed by atoms with Crippen LogP contribution in [0, 0.1) is 0 Å². The lowest BCUT2D eigenvalue weighted by atomic mass is 10.0. The first-order valence-electron chi connectivity index (χ1n) is 13.2. The van der Waals surface area contributed by atoms with Crippen molar-refractivity contribution in [3.8, 4) is 11.5 Å². The number of rotatable bonds is 16. The van der Waals surface area contributed by atoms with Crippen LogP contribution in [0.4, 0.5) is 0 Å². The van der Waals surface area contributed by atoms with Gasteiger partial charge in [-0.1, -0.05) is 24.3 Å². The first kappa shape index (κ1) is 33.0. The monoisotopic (exact) mass is 573 g/mol. The molecule has 224 valence electrons. The summed E-state index contributed by atoms with van der Waals surface area (Å²) in [5, 5.41) is 45.7. The minimum Gasteiger partial charge on any atom is -0.508 e. The van der Waals surface area contributed by atoms with Gasteiger partial charge in [0.25, 0.3) is 0 Å². The fraction of sp³-hybridized carbons (Fsp3) is 0.429. The van der Waals surface area contributed by atoms with Crippen molar-refractivity contribution < 1.29 is 39.6 Å². The lowest BCUT2D eigenvalue weighted by Gasteiger charge is -2.26. The van der Waals surface area contributed by atoms with Crippen LogP contribution in [-0.4, -0.2) is 80.9 Å². The van der Waals surface area contributed by atoms with Crippen molar-refractivity contribution in [3.05, 3.63) is 59.7 Å². The predicted molar refractivity (Wildman–Crippen MR) is 150 cm³/mol. The average Bonchev–Trinajstić information content (AvgIpc) is 2.92. The molecule has 13 heteroatoms. The third kappa shape index (κ3) is 11.1. The highest BCUT2D eigenvalue weighted by molar-refractivity contribution is 5.94. The van der Waals surface area contributed by atoms with E-state index in [0.29, 0.717) is 30.5 Å². The van der Waals surface area contributed by atoms with Crippen LogP contribution >= 0.6 is 0 Å². The largest absolute Gasteiger partial charge is 0.508 e. The number of aliphatic hydroxyl groups excluding tert-OH is 1. The van der Waals surface area contributed by atoms with Gasteiger partial charge < -0.3 is 47.8 Å². The zero-order chi connectivity index (χ0) is 30.5. The van der Waals surface area contributed by atoms with Gasteiger partial charge in [0.2, 0.25) is 17.7 Å². The number of phenolic OH excluding ortho intramolecular Hbond substituents is 2. The van der Waals surface area contributed by atoms with Crippen LogP contribution in [0.1, 0.15) is 37.3 Å². The molecule has 0 radical (unpaired) electrons. The zero-order valence-corrected chi connectivity index (χ0v) is 22.8. The van der Waals surface area contributed by atoms with E-state index in [1.807, 2.05) is 0 Å². The smallest absolute Gasteiger partial charge is 0.328 e. The topological polar surface area (TPSA) is 237 Å². The Morgan fingerprint density at radius 1 is 0.756 bits per heavy atom. The molecule has 0 spiro atoms. The summed E-state index contributed by atoms with van der Waals surface area (Å²) in [4.78, 5) is 50.9. The van der Waals surface area contributed by atoms with E-state index in [1.165, 1.54) is 31.2 Å². The van der Waals surface area contributed by atoms with Crippen molar-refractivity contribution >= 4 is 23.7 Å². The number of carbonyl (C=O) groups is 4. The number of nitrogens with two attached hydrogens (primary N) is 2. The SMILES string of the molecule is CC(O)C(NC(=O)C(CCCCN)NC(=O)C(Cc1ccc(O)cc1)NC(=O)C(N)Cc1ccc(O)cc1)C(=O)O. The van der Waals surface area contributed by atoms with Gasteiger partial charge in [-0.05, 0) is 74.5 Å². The predicted octanol–water partition coefficient (Wildman–Crippen LogP) is -0.741. The Hall–Kier alpha value is -4.20. The van der Waals surface area contributed by atoms with Gasteiger partial charge in [0.05, 0.1) is 12.1 Å². The van der Waals surface area contributed by atoms with Crippen LogP contribution in [-0.2, 0) is 32.0 Å². The number of hydrogen-bond donors (Lipinski definition) is 9. The summed E-state index contributed by atoms with van der Waals surface area (Å²) in [6.07, 6.45) is -0.174. The molecule has 0 bridgehead atoms. The Balaban J connectivity index is 2.24. The third-order valence-corrected chi connectivity index (χ3v) is 6.36. The summed E-state index contributed by atoms with van der Waals surface area (Å²) >= 11 is 0. The van der Waals surface area contributed by atoms with Crippen molar-refractivity contribution in [2.75, 3.05) is 6.54 Å². The number of aromatic hydroxyl groups is 2. The molecular weight excluding hydrogens is 534 g/mol. The molecule has 41 heavy (non-hydrogen) atoms. The van der Waals surface area contributed by atoms with Gasteiger partial charge in [0.15, 0.2) is 6.04 Å². The van der Waals surface area contributed by atoms with E-state index in [4.69, 9.17) is 11.5 Å².